The zero-order valence-corrected chi connectivity index (χ0v) is 9.44. The second-order valence-corrected chi connectivity index (χ2v) is 3.53. The van der Waals surface area contributed by atoms with Gasteiger partial charge in [-0.3, -0.25) is 4.79 Å². The number of carbonyl (C=O) groups excluding carboxylic acids is 1. The molecule has 85 valence electrons. The summed E-state index contributed by atoms with van der Waals surface area (Å²) < 4.78 is 5.17. The van der Waals surface area contributed by atoms with Gasteiger partial charge in [-0.25, -0.2) is 0 Å². The van der Waals surface area contributed by atoms with Crippen LogP contribution < -0.4 is 0 Å². The highest BCUT2D eigenvalue weighted by Gasteiger charge is 2.06. The van der Waals surface area contributed by atoms with Crippen molar-refractivity contribution in [3.8, 4) is 0 Å². The van der Waals surface area contributed by atoms with Crippen molar-refractivity contribution in [2.45, 2.75) is 6.92 Å². The fraction of sp³-hybridized carbons (Fsp3) is 0.0714. The van der Waals surface area contributed by atoms with Crippen LogP contribution in [0.25, 0.3) is 11.8 Å². The standard InChI is InChI=1S/C14H12NO2/c1-11(16)17-14(13-7-8-15-10-13)9-12-5-3-2-4-6-12/h2-9,15H,1H3. The molecule has 1 aromatic heterocycles. The molecule has 2 aromatic rings. The number of nitrogens with one attached hydrogen (secondary N) is 1. The molecule has 1 radical (unpaired) electrons. The maximum absolute atomic E-state index is 11.1. The Morgan fingerprint density at radius 1 is 1.29 bits per heavy atom. The van der Waals surface area contributed by atoms with Crippen LogP contribution in [0.4, 0.5) is 0 Å². The molecule has 0 bridgehead atoms. The molecule has 0 atom stereocenters. The maximum atomic E-state index is 11.1. The predicted octanol–water partition coefficient (Wildman–Crippen LogP) is 2.88. The van der Waals surface area contributed by atoms with Crippen molar-refractivity contribution in [1.82, 2.24) is 4.98 Å². The highest BCUT2D eigenvalue weighted by atomic mass is 16.5. The zero-order chi connectivity index (χ0) is 12.1. The van der Waals surface area contributed by atoms with E-state index in [9.17, 15) is 4.79 Å². The van der Waals surface area contributed by atoms with Gasteiger partial charge in [0.05, 0.1) is 6.20 Å². The predicted molar refractivity (Wildman–Crippen MR) is 65.7 cm³/mol. The van der Waals surface area contributed by atoms with Gasteiger partial charge < -0.3 is 9.72 Å². The third kappa shape index (κ3) is 3.08. The molecular formula is C14H12NO2. The number of benzene rings is 1. The molecule has 3 heteroatoms. The Balaban J connectivity index is 2.34. The Morgan fingerprint density at radius 2 is 2.06 bits per heavy atom. The average molecular weight is 226 g/mol. The summed E-state index contributed by atoms with van der Waals surface area (Å²) in [6, 6.07) is 11.5. The highest BCUT2D eigenvalue weighted by molar-refractivity contribution is 5.84. The van der Waals surface area contributed by atoms with E-state index >= 15 is 0 Å². The van der Waals surface area contributed by atoms with Crippen LogP contribution in [0.2, 0.25) is 0 Å². The number of esters is 1. The number of hydrogen-bond acceptors (Lipinski definition) is 2. The summed E-state index contributed by atoms with van der Waals surface area (Å²) in [5.74, 6) is 0.145. The second-order valence-electron chi connectivity index (χ2n) is 3.53. The fourth-order valence-electron chi connectivity index (χ4n) is 1.45. The van der Waals surface area contributed by atoms with Crippen molar-refractivity contribution in [2.75, 3.05) is 0 Å². The minimum atomic E-state index is -0.346. The molecule has 0 aliphatic heterocycles. The van der Waals surface area contributed by atoms with E-state index in [1.807, 2.05) is 30.3 Å². The third-order valence-corrected chi connectivity index (χ3v) is 2.16. The van der Waals surface area contributed by atoms with E-state index in [1.54, 1.807) is 18.3 Å². The molecule has 1 aromatic carbocycles. The molecule has 0 spiro atoms. The van der Waals surface area contributed by atoms with E-state index in [0.29, 0.717) is 5.76 Å². The summed E-state index contributed by atoms with van der Waals surface area (Å²) >= 11 is 0. The minimum Gasteiger partial charge on any atom is -0.426 e. The first kappa shape index (κ1) is 11.2. The van der Waals surface area contributed by atoms with Crippen LogP contribution >= 0.6 is 0 Å². The van der Waals surface area contributed by atoms with Gasteiger partial charge in [0, 0.05) is 18.7 Å². The SMILES string of the molecule is CC(=O)OC(=Cc1ccccc1)c1[c][nH]cc1. The number of hydrogen-bond donors (Lipinski definition) is 1. The number of carbonyl (C=O) groups is 1. The van der Waals surface area contributed by atoms with Gasteiger partial charge in [-0.2, -0.15) is 0 Å². The Hall–Kier alpha value is -2.29. The van der Waals surface area contributed by atoms with Gasteiger partial charge in [-0.05, 0) is 17.7 Å². The van der Waals surface area contributed by atoms with Crippen molar-refractivity contribution in [3.05, 3.63) is 59.9 Å². The largest absolute Gasteiger partial charge is 0.426 e. The molecule has 0 aliphatic carbocycles. The molecule has 2 rings (SSSR count). The van der Waals surface area contributed by atoms with Gasteiger partial charge in [0.2, 0.25) is 0 Å². The van der Waals surface area contributed by atoms with Crippen molar-refractivity contribution >= 4 is 17.8 Å². The zero-order valence-electron chi connectivity index (χ0n) is 9.44. The molecule has 3 nitrogen and oxygen atoms in total. The Morgan fingerprint density at radius 3 is 2.65 bits per heavy atom. The summed E-state index contributed by atoms with van der Waals surface area (Å²) in [5.41, 5.74) is 1.70. The van der Waals surface area contributed by atoms with Gasteiger partial charge in [-0.1, -0.05) is 30.3 Å². The van der Waals surface area contributed by atoms with Gasteiger partial charge in [0.15, 0.2) is 0 Å². The first-order chi connectivity index (χ1) is 8.25. The number of H-pyrrole nitrogens is 1. The van der Waals surface area contributed by atoms with E-state index < -0.39 is 0 Å². The summed E-state index contributed by atoms with van der Waals surface area (Å²) in [6.07, 6.45) is 6.43. The van der Waals surface area contributed by atoms with Crippen molar-refractivity contribution in [2.24, 2.45) is 0 Å². The molecule has 0 unspecified atom stereocenters. The fourth-order valence-corrected chi connectivity index (χ4v) is 1.45. The van der Waals surface area contributed by atoms with Crippen LogP contribution in [-0.2, 0) is 9.53 Å². The van der Waals surface area contributed by atoms with Gasteiger partial charge in [0.1, 0.15) is 5.76 Å². The molecule has 0 saturated carbocycles. The smallest absolute Gasteiger partial charge is 0.308 e. The van der Waals surface area contributed by atoms with E-state index in [4.69, 9.17) is 4.74 Å². The summed E-state index contributed by atoms with van der Waals surface area (Å²) in [7, 11) is 0. The maximum Gasteiger partial charge on any atom is 0.308 e. The van der Waals surface area contributed by atoms with Crippen LogP contribution in [-0.4, -0.2) is 11.0 Å². The first-order valence-electron chi connectivity index (χ1n) is 5.26. The summed E-state index contributed by atoms with van der Waals surface area (Å²) in [5, 5.41) is 0. The van der Waals surface area contributed by atoms with E-state index in [0.717, 1.165) is 11.1 Å². The average Bonchev–Trinajstić information content (AvgIpc) is 2.82. The first-order valence-corrected chi connectivity index (χ1v) is 5.26. The molecule has 1 N–H and O–H groups in total. The van der Waals surface area contributed by atoms with E-state index in [-0.39, 0.29) is 5.97 Å². The summed E-state index contributed by atoms with van der Waals surface area (Å²) in [4.78, 5) is 13.9. The lowest BCUT2D eigenvalue weighted by Gasteiger charge is -2.04. The third-order valence-electron chi connectivity index (χ3n) is 2.16. The molecule has 0 aliphatic rings. The lowest BCUT2D eigenvalue weighted by Crippen LogP contribution is -1.97. The van der Waals surface area contributed by atoms with Crippen LogP contribution in [0.5, 0.6) is 0 Å². The van der Waals surface area contributed by atoms with E-state index in [1.165, 1.54) is 6.92 Å². The van der Waals surface area contributed by atoms with E-state index in [2.05, 4.69) is 11.2 Å². The second kappa shape index (κ2) is 5.16. The molecule has 0 fully saturated rings. The minimum absolute atomic E-state index is 0.346. The highest BCUT2D eigenvalue weighted by Crippen LogP contribution is 2.18. The van der Waals surface area contributed by atoms with Crippen molar-refractivity contribution in [3.63, 3.8) is 0 Å². The quantitative estimate of drug-likeness (QED) is 0.646. The molecular weight excluding hydrogens is 214 g/mol. The van der Waals surface area contributed by atoms with Gasteiger partial charge in [0.25, 0.3) is 0 Å². The normalized spacial score (nSPS) is 11.2. The van der Waals surface area contributed by atoms with Gasteiger partial charge >= 0.3 is 5.97 Å². The van der Waals surface area contributed by atoms with Crippen molar-refractivity contribution < 1.29 is 9.53 Å². The molecule has 0 amide bonds. The molecule has 17 heavy (non-hydrogen) atoms. The monoisotopic (exact) mass is 226 g/mol. The Kier molecular flexibility index (Phi) is 3.40. The summed E-state index contributed by atoms with van der Waals surface area (Å²) in [6.45, 7) is 1.38. The van der Waals surface area contributed by atoms with Crippen LogP contribution in [0.1, 0.15) is 18.1 Å². The number of rotatable bonds is 3. The number of ether oxygens (including phenoxy) is 1. The van der Waals surface area contributed by atoms with Crippen LogP contribution in [0, 0.1) is 6.20 Å². The number of aromatic amines is 1. The van der Waals surface area contributed by atoms with Crippen molar-refractivity contribution in [1.29, 1.82) is 0 Å². The number of aromatic nitrogens is 1. The Bertz CT molecular complexity index is 512. The van der Waals surface area contributed by atoms with Crippen LogP contribution in [0.3, 0.4) is 0 Å². The topological polar surface area (TPSA) is 42.1 Å². The van der Waals surface area contributed by atoms with Gasteiger partial charge in [-0.15, -0.1) is 0 Å². The molecule has 0 saturated heterocycles. The Labute approximate surface area is 99.7 Å². The lowest BCUT2D eigenvalue weighted by atomic mass is 10.1. The lowest BCUT2D eigenvalue weighted by molar-refractivity contribution is -0.134. The molecule has 1 heterocycles. The van der Waals surface area contributed by atoms with Crippen LogP contribution in [0.15, 0.2) is 42.6 Å².